The number of methoxy groups -OCH3 is 1. The Morgan fingerprint density at radius 2 is 2.17 bits per heavy atom. The summed E-state index contributed by atoms with van der Waals surface area (Å²) in [5.41, 5.74) is 0.908. The number of nitrogens with one attached hydrogen (secondary N) is 1. The van der Waals surface area contributed by atoms with Gasteiger partial charge in [0.1, 0.15) is 10.8 Å². The molecule has 0 saturated carbocycles. The van der Waals surface area contributed by atoms with Crippen LogP contribution >= 0.6 is 11.6 Å². The van der Waals surface area contributed by atoms with E-state index in [-0.39, 0.29) is 5.91 Å². The molecule has 0 spiro atoms. The van der Waals surface area contributed by atoms with Crippen LogP contribution in [0.15, 0.2) is 36.7 Å². The molecule has 0 aliphatic heterocycles. The van der Waals surface area contributed by atoms with Gasteiger partial charge in [0.2, 0.25) is 5.88 Å². The summed E-state index contributed by atoms with van der Waals surface area (Å²) in [5, 5.41) is 3.03. The number of rotatable bonds is 3. The fraction of sp³-hybridized carbons (Fsp3) is 0.0833. The van der Waals surface area contributed by atoms with Crippen molar-refractivity contribution in [2.75, 3.05) is 12.4 Å². The number of amides is 1. The van der Waals surface area contributed by atoms with Crippen LogP contribution in [0.3, 0.4) is 0 Å². The molecule has 2 aromatic rings. The molecule has 0 fully saturated rings. The third-order valence-electron chi connectivity index (χ3n) is 2.20. The number of ether oxygens (including phenoxy) is 1. The lowest BCUT2D eigenvalue weighted by Gasteiger charge is -2.08. The summed E-state index contributed by atoms with van der Waals surface area (Å²) >= 11 is 5.65. The van der Waals surface area contributed by atoms with Crippen LogP contribution < -0.4 is 10.1 Å². The summed E-state index contributed by atoms with van der Waals surface area (Å²) in [6.45, 7) is 0. The average Bonchev–Trinajstić information content (AvgIpc) is 2.40. The molecule has 1 N–H and O–H groups in total. The molecule has 2 heterocycles. The minimum atomic E-state index is -0.300. The van der Waals surface area contributed by atoms with Crippen LogP contribution in [0.1, 0.15) is 10.4 Å². The highest BCUT2D eigenvalue weighted by atomic mass is 35.5. The van der Waals surface area contributed by atoms with Crippen LogP contribution in [-0.2, 0) is 0 Å². The molecule has 6 heteroatoms. The van der Waals surface area contributed by atoms with Crippen molar-refractivity contribution in [2.24, 2.45) is 0 Å². The SMILES string of the molecule is COc1ncccc1NC(=O)c1ccc(Cl)nc1. The predicted molar refractivity (Wildman–Crippen MR) is 68.0 cm³/mol. The minimum Gasteiger partial charge on any atom is -0.480 e. The predicted octanol–water partition coefficient (Wildman–Crippen LogP) is 2.39. The molecule has 0 aliphatic rings. The molecule has 1 amide bonds. The fourth-order valence-electron chi connectivity index (χ4n) is 1.35. The van der Waals surface area contributed by atoms with E-state index in [9.17, 15) is 4.79 Å². The first kappa shape index (κ1) is 12.3. The Labute approximate surface area is 109 Å². The molecule has 2 rings (SSSR count). The number of hydrogen-bond acceptors (Lipinski definition) is 4. The molecule has 0 radical (unpaired) electrons. The van der Waals surface area contributed by atoms with Crippen molar-refractivity contribution in [3.8, 4) is 5.88 Å². The smallest absolute Gasteiger partial charge is 0.257 e. The zero-order valence-corrected chi connectivity index (χ0v) is 10.3. The first-order chi connectivity index (χ1) is 8.70. The van der Waals surface area contributed by atoms with Crippen molar-refractivity contribution in [3.05, 3.63) is 47.4 Å². The van der Waals surface area contributed by atoms with Gasteiger partial charge in [0, 0.05) is 12.4 Å². The van der Waals surface area contributed by atoms with Gasteiger partial charge in [-0.25, -0.2) is 9.97 Å². The van der Waals surface area contributed by atoms with Crippen LogP contribution in [0, 0.1) is 0 Å². The molecule has 0 atom stereocenters. The van der Waals surface area contributed by atoms with Crippen LogP contribution in [0.4, 0.5) is 5.69 Å². The Morgan fingerprint density at radius 1 is 1.33 bits per heavy atom. The topological polar surface area (TPSA) is 64.1 Å². The van der Waals surface area contributed by atoms with Gasteiger partial charge in [-0.3, -0.25) is 4.79 Å². The van der Waals surface area contributed by atoms with Gasteiger partial charge >= 0.3 is 0 Å². The number of aromatic nitrogens is 2. The molecule has 18 heavy (non-hydrogen) atoms. The Morgan fingerprint density at radius 3 is 2.83 bits per heavy atom. The van der Waals surface area contributed by atoms with Crippen molar-refractivity contribution in [1.29, 1.82) is 0 Å². The molecule has 0 aliphatic carbocycles. The number of hydrogen-bond donors (Lipinski definition) is 1. The molecular formula is C12H10ClN3O2. The monoisotopic (exact) mass is 263 g/mol. The zero-order valence-electron chi connectivity index (χ0n) is 9.55. The Balaban J connectivity index is 2.18. The van der Waals surface area contributed by atoms with Crippen LogP contribution in [0.5, 0.6) is 5.88 Å². The quantitative estimate of drug-likeness (QED) is 0.864. The van der Waals surface area contributed by atoms with Crippen molar-refractivity contribution in [2.45, 2.75) is 0 Å². The van der Waals surface area contributed by atoms with Crippen LogP contribution in [0.2, 0.25) is 5.15 Å². The molecular weight excluding hydrogens is 254 g/mol. The van der Waals surface area contributed by atoms with E-state index in [4.69, 9.17) is 16.3 Å². The molecule has 92 valence electrons. The lowest BCUT2D eigenvalue weighted by Crippen LogP contribution is -2.13. The first-order valence-corrected chi connectivity index (χ1v) is 5.50. The summed E-state index contributed by atoms with van der Waals surface area (Å²) in [6.07, 6.45) is 2.98. The number of carbonyl (C=O) groups is 1. The number of nitrogens with zero attached hydrogens (tertiary/aromatic N) is 2. The number of anilines is 1. The first-order valence-electron chi connectivity index (χ1n) is 5.12. The fourth-order valence-corrected chi connectivity index (χ4v) is 1.47. The second-order valence-corrected chi connectivity index (χ2v) is 3.77. The van der Waals surface area contributed by atoms with Gasteiger partial charge in [0.25, 0.3) is 5.91 Å². The van der Waals surface area contributed by atoms with E-state index in [1.54, 1.807) is 30.5 Å². The van der Waals surface area contributed by atoms with Gasteiger partial charge in [-0.1, -0.05) is 11.6 Å². The maximum absolute atomic E-state index is 11.9. The van der Waals surface area contributed by atoms with Gasteiger partial charge in [0.05, 0.1) is 12.7 Å². The second-order valence-electron chi connectivity index (χ2n) is 3.38. The largest absolute Gasteiger partial charge is 0.480 e. The number of pyridine rings is 2. The van der Waals surface area contributed by atoms with Gasteiger partial charge in [-0.2, -0.15) is 0 Å². The minimum absolute atomic E-state index is 0.300. The Hall–Kier alpha value is -2.14. The maximum atomic E-state index is 11.9. The zero-order chi connectivity index (χ0) is 13.0. The van der Waals surface area contributed by atoms with Gasteiger partial charge in [-0.15, -0.1) is 0 Å². The lowest BCUT2D eigenvalue weighted by molar-refractivity contribution is 0.102. The normalized spacial score (nSPS) is 9.89. The maximum Gasteiger partial charge on any atom is 0.257 e. The highest BCUT2D eigenvalue weighted by Gasteiger charge is 2.10. The standard InChI is InChI=1S/C12H10ClN3O2/c1-18-12-9(3-2-6-14-12)16-11(17)8-4-5-10(13)15-7-8/h2-7H,1H3,(H,16,17). The number of halogens is 1. The molecule has 0 saturated heterocycles. The highest BCUT2D eigenvalue weighted by Crippen LogP contribution is 2.20. The van der Waals surface area contributed by atoms with Crippen LogP contribution in [-0.4, -0.2) is 23.0 Å². The lowest BCUT2D eigenvalue weighted by atomic mass is 10.2. The van der Waals surface area contributed by atoms with Crippen molar-refractivity contribution >= 4 is 23.2 Å². The van der Waals surface area contributed by atoms with E-state index >= 15 is 0 Å². The van der Waals surface area contributed by atoms with E-state index in [1.807, 2.05) is 0 Å². The summed E-state index contributed by atoms with van der Waals surface area (Å²) in [7, 11) is 1.49. The summed E-state index contributed by atoms with van der Waals surface area (Å²) in [5.74, 6) is 0.0539. The van der Waals surface area contributed by atoms with E-state index < -0.39 is 0 Å². The van der Waals surface area contributed by atoms with Gasteiger partial charge in [0.15, 0.2) is 0 Å². The third kappa shape index (κ3) is 2.75. The summed E-state index contributed by atoms with van der Waals surface area (Å²) in [6, 6.07) is 6.55. The third-order valence-corrected chi connectivity index (χ3v) is 2.43. The molecule has 5 nitrogen and oxygen atoms in total. The molecule has 0 unspecified atom stereocenters. The van der Waals surface area contributed by atoms with E-state index in [0.29, 0.717) is 22.3 Å². The van der Waals surface area contributed by atoms with Crippen molar-refractivity contribution in [1.82, 2.24) is 9.97 Å². The molecule has 0 aromatic carbocycles. The Kier molecular flexibility index (Phi) is 3.74. The second kappa shape index (κ2) is 5.46. The van der Waals surface area contributed by atoms with E-state index in [0.717, 1.165) is 0 Å². The van der Waals surface area contributed by atoms with Crippen molar-refractivity contribution in [3.63, 3.8) is 0 Å². The Bertz CT molecular complexity index is 558. The molecule has 0 bridgehead atoms. The average molecular weight is 264 g/mol. The van der Waals surface area contributed by atoms with Crippen molar-refractivity contribution < 1.29 is 9.53 Å². The van der Waals surface area contributed by atoms with E-state index in [1.165, 1.54) is 13.3 Å². The van der Waals surface area contributed by atoms with Crippen LogP contribution in [0.25, 0.3) is 0 Å². The summed E-state index contributed by atoms with van der Waals surface area (Å²) < 4.78 is 5.04. The summed E-state index contributed by atoms with van der Waals surface area (Å²) in [4.78, 5) is 19.7. The van der Waals surface area contributed by atoms with Gasteiger partial charge in [-0.05, 0) is 24.3 Å². The highest BCUT2D eigenvalue weighted by molar-refractivity contribution is 6.29. The van der Waals surface area contributed by atoms with Gasteiger partial charge < -0.3 is 10.1 Å². The van der Waals surface area contributed by atoms with E-state index in [2.05, 4.69) is 15.3 Å². The number of carbonyl (C=O) groups excluding carboxylic acids is 1. The molecule has 2 aromatic heterocycles.